The standard InChI is InChI=1S/C19H19ClN2O3/c20-15-4-1-13(2-5-15)12-21-18(23)22-19(7-8-19)14-3-6-16-17(11-14)25-10-9-24-16/h1-6,11H,7-10,12H2,(H2,21,22,23). The molecule has 0 spiro atoms. The third-order valence-electron chi connectivity index (χ3n) is 4.56. The lowest BCUT2D eigenvalue weighted by Crippen LogP contribution is -2.42. The first-order valence-electron chi connectivity index (χ1n) is 8.35. The second kappa shape index (κ2) is 6.48. The number of amides is 2. The molecule has 1 saturated carbocycles. The van der Waals surface area contributed by atoms with Crippen LogP contribution in [0.3, 0.4) is 0 Å². The number of fused-ring (bicyclic) bond motifs is 1. The van der Waals surface area contributed by atoms with Crippen molar-refractivity contribution in [1.82, 2.24) is 10.6 Å². The van der Waals surface area contributed by atoms with Crippen molar-refractivity contribution in [2.45, 2.75) is 24.9 Å². The van der Waals surface area contributed by atoms with Gasteiger partial charge in [0.2, 0.25) is 0 Å². The SMILES string of the molecule is O=C(NCc1ccc(Cl)cc1)NC1(c2ccc3c(c2)OCCO3)CC1. The summed E-state index contributed by atoms with van der Waals surface area (Å²) in [6, 6.07) is 13.1. The first kappa shape index (κ1) is 16.1. The summed E-state index contributed by atoms with van der Waals surface area (Å²) in [4.78, 5) is 12.3. The van der Waals surface area contributed by atoms with E-state index < -0.39 is 0 Å². The number of benzene rings is 2. The van der Waals surface area contributed by atoms with Crippen LogP contribution in [0.4, 0.5) is 4.79 Å². The molecule has 4 rings (SSSR count). The van der Waals surface area contributed by atoms with Crippen LogP contribution in [0.1, 0.15) is 24.0 Å². The number of carbonyl (C=O) groups is 1. The molecule has 0 unspecified atom stereocenters. The van der Waals surface area contributed by atoms with Crippen LogP contribution in [0, 0.1) is 0 Å². The summed E-state index contributed by atoms with van der Waals surface area (Å²) in [6.07, 6.45) is 1.84. The summed E-state index contributed by atoms with van der Waals surface area (Å²) < 4.78 is 11.2. The molecule has 2 aromatic carbocycles. The molecule has 130 valence electrons. The number of halogens is 1. The van der Waals surface area contributed by atoms with Crippen molar-refractivity contribution in [2.75, 3.05) is 13.2 Å². The van der Waals surface area contributed by atoms with Crippen molar-refractivity contribution < 1.29 is 14.3 Å². The highest BCUT2D eigenvalue weighted by atomic mass is 35.5. The van der Waals surface area contributed by atoms with Gasteiger partial charge in [0.1, 0.15) is 13.2 Å². The van der Waals surface area contributed by atoms with Crippen molar-refractivity contribution in [3.8, 4) is 11.5 Å². The van der Waals surface area contributed by atoms with Gasteiger partial charge in [0.25, 0.3) is 0 Å². The zero-order valence-electron chi connectivity index (χ0n) is 13.7. The normalized spacial score (nSPS) is 16.8. The highest BCUT2D eigenvalue weighted by molar-refractivity contribution is 6.30. The third kappa shape index (κ3) is 3.51. The molecule has 0 bridgehead atoms. The molecule has 2 aromatic rings. The zero-order valence-corrected chi connectivity index (χ0v) is 14.4. The minimum Gasteiger partial charge on any atom is -0.486 e. The summed E-state index contributed by atoms with van der Waals surface area (Å²) in [5, 5.41) is 6.68. The Balaban J connectivity index is 1.39. The maximum atomic E-state index is 12.3. The number of nitrogens with one attached hydrogen (secondary N) is 2. The van der Waals surface area contributed by atoms with E-state index in [1.54, 1.807) is 0 Å². The van der Waals surface area contributed by atoms with Gasteiger partial charge < -0.3 is 20.1 Å². The second-order valence-corrected chi connectivity index (χ2v) is 6.81. The molecule has 1 aliphatic heterocycles. The first-order chi connectivity index (χ1) is 12.1. The summed E-state index contributed by atoms with van der Waals surface area (Å²) in [5.41, 5.74) is 1.75. The topological polar surface area (TPSA) is 59.6 Å². The van der Waals surface area contributed by atoms with Crippen LogP contribution in [0.25, 0.3) is 0 Å². The molecular weight excluding hydrogens is 340 g/mol. The van der Waals surface area contributed by atoms with E-state index in [4.69, 9.17) is 21.1 Å². The first-order valence-corrected chi connectivity index (χ1v) is 8.73. The maximum absolute atomic E-state index is 12.3. The molecule has 1 heterocycles. The molecular formula is C19H19ClN2O3. The molecule has 0 radical (unpaired) electrons. The number of ether oxygens (including phenoxy) is 2. The smallest absolute Gasteiger partial charge is 0.315 e. The average Bonchev–Trinajstić information content (AvgIpc) is 3.41. The van der Waals surface area contributed by atoms with Gasteiger partial charge in [-0.2, -0.15) is 0 Å². The van der Waals surface area contributed by atoms with Gasteiger partial charge in [-0.1, -0.05) is 29.8 Å². The molecule has 5 nitrogen and oxygen atoms in total. The lowest BCUT2D eigenvalue weighted by Gasteiger charge is -2.23. The summed E-state index contributed by atoms with van der Waals surface area (Å²) >= 11 is 5.87. The minimum atomic E-state index is -0.306. The minimum absolute atomic E-state index is 0.178. The van der Waals surface area contributed by atoms with Crippen molar-refractivity contribution in [1.29, 1.82) is 0 Å². The monoisotopic (exact) mass is 358 g/mol. The lowest BCUT2D eigenvalue weighted by molar-refractivity contribution is 0.171. The Labute approximate surface area is 151 Å². The second-order valence-electron chi connectivity index (χ2n) is 6.37. The van der Waals surface area contributed by atoms with E-state index in [0.29, 0.717) is 24.8 Å². The van der Waals surface area contributed by atoms with E-state index in [-0.39, 0.29) is 11.6 Å². The molecule has 0 atom stereocenters. The molecule has 1 aliphatic carbocycles. The van der Waals surface area contributed by atoms with Crippen LogP contribution in [0.15, 0.2) is 42.5 Å². The highest BCUT2D eigenvalue weighted by Gasteiger charge is 2.46. The van der Waals surface area contributed by atoms with Gasteiger partial charge in [-0.05, 0) is 48.2 Å². The fourth-order valence-corrected chi connectivity index (χ4v) is 3.12. The lowest BCUT2D eigenvalue weighted by atomic mass is 10.0. The number of urea groups is 1. The van der Waals surface area contributed by atoms with Gasteiger partial charge in [0.05, 0.1) is 5.54 Å². The highest BCUT2D eigenvalue weighted by Crippen LogP contribution is 2.47. The van der Waals surface area contributed by atoms with Gasteiger partial charge in [-0.15, -0.1) is 0 Å². The van der Waals surface area contributed by atoms with Crippen LogP contribution in [-0.4, -0.2) is 19.2 Å². The van der Waals surface area contributed by atoms with Crippen LogP contribution in [-0.2, 0) is 12.1 Å². The Bertz CT molecular complexity index is 788. The van der Waals surface area contributed by atoms with E-state index in [1.165, 1.54) is 0 Å². The zero-order chi connectivity index (χ0) is 17.3. The van der Waals surface area contributed by atoms with E-state index in [9.17, 15) is 4.79 Å². The quantitative estimate of drug-likeness (QED) is 0.878. The van der Waals surface area contributed by atoms with Crippen LogP contribution in [0.2, 0.25) is 5.02 Å². The number of hydrogen-bond donors (Lipinski definition) is 2. The Morgan fingerprint density at radius 2 is 1.76 bits per heavy atom. The summed E-state index contributed by atoms with van der Waals surface area (Å²) in [7, 11) is 0. The Kier molecular flexibility index (Phi) is 4.17. The van der Waals surface area contributed by atoms with Crippen molar-refractivity contribution in [3.05, 3.63) is 58.6 Å². The van der Waals surface area contributed by atoms with Crippen molar-refractivity contribution in [2.24, 2.45) is 0 Å². The average molecular weight is 359 g/mol. The van der Waals surface area contributed by atoms with Gasteiger partial charge in [-0.25, -0.2) is 4.79 Å². The van der Waals surface area contributed by atoms with E-state index in [2.05, 4.69) is 10.6 Å². The summed E-state index contributed by atoms with van der Waals surface area (Å²) in [6.45, 7) is 1.58. The van der Waals surface area contributed by atoms with E-state index in [0.717, 1.165) is 35.5 Å². The van der Waals surface area contributed by atoms with Crippen molar-refractivity contribution >= 4 is 17.6 Å². The molecule has 1 fully saturated rings. The predicted octanol–water partition coefficient (Wildman–Crippen LogP) is 3.60. The third-order valence-corrected chi connectivity index (χ3v) is 4.82. The molecule has 6 heteroatoms. The fourth-order valence-electron chi connectivity index (χ4n) is 3.00. The maximum Gasteiger partial charge on any atom is 0.315 e. The van der Waals surface area contributed by atoms with E-state index in [1.807, 2.05) is 42.5 Å². The predicted molar refractivity (Wildman–Crippen MR) is 95.2 cm³/mol. The number of rotatable bonds is 4. The molecule has 2 amide bonds. The van der Waals surface area contributed by atoms with E-state index >= 15 is 0 Å². The molecule has 0 aromatic heterocycles. The van der Waals surface area contributed by atoms with Crippen molar-refractivity contribution in [3.63, 3.8) is 0 Å². The van der Waals surface area contributed by atoms with Crippen LogP contribution >= 0.6 is 11.6 Å². The van der Waals surface area contributed by atoms with Gasteiger partial charge >= 0.3 is 6.03 Å². The largest absolute Gasteiger partial charge is 0.486 e. The number of hydrogen-bond acceptors (Lipinski definition) is 3. The van der Waals surface area contributed by atoms with Gasteiger partial charge in [0, 0.05) is 11.6 Å². The molecule has 2 N–H and O–H groups in total. The Hall–Kier alpha value is -2.40. The van der Waals surface area contributed by atoms with Gasteiger partial charge in [-0.3, -0.25) is 0 Å². The summed E-state index contributed by atoms with van der Waals surface area (Å²) in [5.74, 6) is 1.51. The molecule has 2 aliphatic rings. The number of carbonyl (C=O) groups excluding carboxylic acids is 1. The van der Waals surface area contributed by atoms with Crippen LogP contribution < -0.4 is 20.1 Å². The fraction of sp³-hybridized carbons (Fsp3) is 0.316. The Morgan fingerprint density at radius 1 is 1.04 bits per heavy atom. The van der Waals surface area contributed by atoms with Crippen LogP contribution in [0.5, 0.6) is 11.5 Å². The van der Waals surface area contributed by atoms with Gasteiger partial charge in [0.15, 0.2) is 11.5 Å². The molecule has 25 heavy (non-hydrogen) atoms. The molecule has 0 saturated heterocycles. The Morgan fingerprint density at radius 3 is 2.48 bits per heavy atom.